The molecule has 0 spiro atoms. The van der Waals surface area contributed by atoms with Crippen molar-refractivity contribution in [2.75, 3.05) is 13.6 Å². The minimum absolute atomic E-state index is 0.119. The molecule has 1 aromatic heterocycles. The molecule has 3 unspecified atom stereocenters. The van der Waals surface area contributed by atoms with E-state index in [0.717, 1.165) is 31.2 Å². The lowest BCUT2D eigenvalue weighted by Crippen LogP contribution is -2.37. The molecule has 1 aliphatic carbocycles. The zero-order chi connectivity index (χ0) is 13.0. The fourth-order valence-corrected chi connectivity index (χ4v) is 3.05. The van der Waals surface area contributed by atoms with E-state index in [0.29, 0.717) is 5.92 Å². The summed E-state index contributed by atoms with van der Waals surface area (Å²) in [5.41, 5.74) is 0. The van der Waals surface area contributed by atoms with Crippen LogP contribution >= 0.6 is 0 Å². The van der Waals surface area contributed by atoms with E-state index in [-0.39, 0.29) is 6.10 Å². The summed E-state index contributed by atoms with van der Waals surface area (Å²) in [5, 5.41) is 10.1. The van der Waals surface area contributed by atoms with Gasteiger partial charge in [0.25, 0.3) is 0 Å². The van der Waals surface area contributed by atoms with E-state index in [1.807, 2.05) is 12.1 Å². The molecule has 0 radical (unpaired) electrons. The molecule has 3 heteroatoms. The first kappa shape index (κ1) is 13.6. The monoisotopic (exact) mass is 251 g/mol. The fraction of sp³-hybridized carbons (Fsp3) is 0.733. The predicted molar refractivity (Wildman–Crippen MR) is 72.2 cm³/mol. The maximum atomic E-state index is 10.1. The van der Waals surface area contributed by atoms with Gasteiger partial charge in [0, 0.05) is 6.54 Å². The van der Waals surface area contributed by atoms with Crippen LogP contribution in [-0.4, -0.2) is 29.7 Å². The zero-order valence-electron chi connectivity index (χ0n) is 11.5. The lowest BCUT2D eigenvalue weighted by molar-refractivity contribution is 0.0289. The van der Waals surface area contributed by atoms with Gasteiger partial charge in [-0.3, -0.25) is 4.90 Å². The normalized spacial score (nSPS) is 28.8. The number of hydrogen-bond donors (Lipinski definition) is 1. The Hall–Kier alpha value is -0.800. The second kappa shape index (κ2) is 6.39. The highest BCUT2D eigenvalue weighted by molar-refractivity contribution is 4.97. The number of aliphatic hydroxyl groups is 1. The van der Waals surface area contributed by atoms with Crippen molar-refractivity contribution in [2.24, 2.45) is 11.8 Å². The van der Waals surface area contributed by atoms with E-state index in [4.69, 9.17) is 4.42 Å². The molecule has 0 aliphatic heterocycles. The van der Waals surface area contributed by atoms with Gasteiger partial charge in [0.05, 0.1) is 18.9 Å². The van der Waals surface area contributed by atoms with Crippen molar-refractivity contribution >= 4 is 0 Å². The molecule has 102 valence electrons. The summed E-state index contributed by atoms with van der Waals surface area (Å²) in [7, 11) is 2.10. The Balaban J connectivity index is 1.83. The van der Waals surface area contributed by atoms with Gasteiger partial charge in [-0.15, -0.1) is 0 Å². The Morgan fingerprint density at radius 3 is 2.94 bits per heavy atom. The third-order valence-corrected chi connectivity index (χ3v) is 4.18. The highest BCUT2D eigenvalue weighted by Gasteiger charge is 2.29. The number of rotatable bonds is 5. The summed E-state index contributed by atoms with van der Waals surface area (Å²) in [5.74, 6) is 2.22. The molecule has 1 fully saturated rings. The van der Waals surface area contributed by atoms with Crippen LogP contribution in [-0.2, 0) is 6.54 Å². The van der Waals surface area contributed by atoms with Crippen molar-refractivity contribution < 1.29 is 9.52 Å². The van der Waals surface area contributed by atoms with Gasteiger partial charge < -0.3 is 9.52 Å². The van der Waals surface area contributed by atoms with Crippen molar-refractivity contribution in [1.29, 1.82) is 0 Å². The quantitative estimate of drug-likeness (QED) is 0.874. The summed E-state index contributed by atoms with van der Waals surface area (Å²) in [6.45, 7) is 4.04. The Labute approximate surface area is 110 Å². The van der Waals surface area contributed by atoms with Crippen LogP contribution in [0.4, 0.5) is 0 Å². The Morgan fingerprint density at radius 2 is 2.28 bits per heavy atom. The number of aliphatic hydroxyl groups excluding tert-OH is 1. The van der Waals surface area contributed by atoms with Gasteiger partial charge in [0.15, 0.2) is 0 Å². The van der Waals surface area contributed by atoms with Crippen LogP contribution in [0.1, 0.15) is 38.4 Å². The van der Waals surface area contributed by atoms with Crippen molar-refractivity contribution in [3.05, 3.63) is 24.2 Å². The molecule has 1 aliphatic rings. The van der Waals surface area contributed by atoms with Gasteiger partial charge in [0.1, 0.15) is 5.76 Å². The molecule has 1 aromatic rings. The molecule has 0 bridgehead atoms. The lowest BCUT2D eigenvalue weighted by atomic mass is 9.78. The molecule has 1 saturated carbocycles. The van der Waals surface area contributed by atoms with Gasteiger partial charge in [-0.05, 0) is 50.3 Å². The first-order valence-electron chi connectivity index (χ1n) is 7.08. The van der Waals surface area contributed by atoms with Gasteiger partial charge in [0.2, 0.25) is 0 Å². The average Bonchev–Trinajstić information content (AvgIpc) is 2.84. The van der Waals surface area contributed by atoms with Gasteiger partial charge >= 0.3 is 0 Å². The third kappa shape index (κ3) is 3.59. The Morgan fingerprint density at radius 1 is 1.44 bits per heavy atom. The second-order valence-corrected chi connectivity index (χ2v) is 5.69. The number of furan rings is 1. The van der Waals surface area contributed by atoms with E-state index in [1.54, 1.807) is 6.26 Å². The van der Waals surface area contributed by atoms with E-state index < -0.39 is 0 Å². The van der Waals surface area contributed by atoms with E-state index in [9.17, 15) is 5.11 Å². The minimum Gasteiger partial charge on any atom is -0.468 e. The Kier molecular flexibility index (Phi) is 4.84. The van der Waals surface area contributed by atoms with Crippen LogP contribution in [0.2, 0.25) is 0 Å². The summed E-state index contributed by atoms with van der Waals surface area (Å²) in [6, 6.07) is 3.92. The molecular weight excluding hydrogens is 226 g/mol. The molecule has 0 saturated heterocycles. The molecule has 3 atom stereocenters. The summed E-state index contributed by atoms with van der Waals surface area (Å²) >= 11 is 0. The largest absolute Gasteiger partial charge is 0.468 e. The predicted octanol–water partition coefficient (Wildman–Crippen LogP) is 2.90. The van der Waals surface area contributed by atoms with Crippen molar-refractivity contribution in [3.8, 4) is 0 Å². The fourth-order valence-electron chi connectivity index (χ4n) is 3.05. The standard InChI is InChI=1S/C15H25NO2/c1-3-12-6-7-15(17)13(9-12)10-16(2)11-14-5-4-8-18-14/h4-5,8,12-13,15,17H,3,6-7,9-11H2,1-2H3. The van der Waals surface area contributed by atoms with Crippen LogP contribution in [0.5, 0.6) is 0 Å². The number of nitrogens with zero attached hydrogens (tertiary/aromatic N) is 1. The molecular formula is C15H25NO2. The van der Waals surface area contributed by atoms with Gasteiger partial charge in [-0.2, -0.15) is 0 Å². The van der Waals surface area contributed by atoms with E-state index in [2.05, 4.69) is 18.9 Å². The zero-order valence-corrected chi connectivity index (χ0v) is 11.5. The maximum absolute atomic E-state index is 10.1. The first-order chi connectivity index (χ1) is 8.69. The maximum Gasteiger partial charge on any atom is 0.117 e. The van der Waals surface area contributed by atoms with Crippen LogP contribution < -0.4 is 0 Å². The number of hydrogen-bond acceptors (Lipinski definition) is 3. The highest BCUT2D eigenvalue weighted by atomic mass is 16.3. The van der Waals surface area contributed by atoms with Crippen LogP contribution in [0.15, 0.2) is 22.8 Å². The molecule has 2 rings (SSSR count). The van der Waals surface area contributed by atoms with Crippen molar-refractivity contribution in [2.45, 2.75) is 45.3 Å². The molecule has 18 heavy (non-hydrogen) atoms. The van der Waals surface area contributed by atoms with Gasteiger partial charge in [-0.25, -0.2) is 0 Å². The molecule has 0 amide bonds. The van der Waals surface area contributed by atoms with Gasteiger partial charge in [-0.1, -0.05) is 13.3 Å². The van der Waals surface area contributed by atoms with E-state index in [1.165, 1.54) is 19.3 Å². The summed E-state index contributed by atoms with van der Waals surface area (Å²) in [6.07, 6.45) is 6.16. The van der Waals surface area contributed by atoms with Crippen LogP contribution in [0, 0.1) is 11.8 Å². The molecule has 1 heterocycles. The SMILES string of the molecule is CCC1CCC(O)C(CN(C)Cc2ccco2)C1. The second-order valence-electron chi connectivity index (χ2n) is 5.69. The third-order valence-electron chi connectivity index (χ3n) is 4.18. The van der Waals surface area contributed by atoms with E-state index >= 15 is 0 Å². The Bertz CT molecular complexity index is 336. The first-order valence-corrected chi connectivity index (χ1v) is 7.08. The van der Waals surface area contributed by atoms with Crippen LogP contribution in [0.25, 0.3) is 0 Å². The summed E-state index contributed by atoms with van der Waals surface area (Å²) < 4.78 is 5.36. The molecule has 3 nitrogen and oxygen atoms in total. The van der Waals surface area contributed by atoms with Crippen LogP contribution in [0.3, 0.4) is 0 Å². The summed E-state index contributed by atoms with van der Waals surface area (Å²) in [4.78, 5) is 2.25. The van der Waals surface area contributed by atoms with Crippen molar-refractivity contribution in [3.63, 3.8) is 0 Å². The smallest absolute Gasteiger partial charge is 0.117 e. The molecule has 1 N–H and O–H groups in total. The topological polar surface area (TPSA) is 36.6 Å². The lowest BCUT2D eigenvalue weighted by Gasteiger charge is -2.35. The minimum atomic E-state index is -0.119. The highest BCUT2D eigenvalue weighted by Crippen LogP contribution is 2.31. The average molecular weight is 251 g/mol. The van der Waals surface area contributed by atoms with Crippen molar-refractivity contribution in [1.82, 2.24) is 4.90 Å². The molecule has 0 aromatic carbocycles.